The molecule has 0 bridgehead atoms. The first kappa shape index (κ1) is 31.8. The number of amides is 5. The first-order valence-electron chi connectivity index (χ1n) is 15.6. The number of para-hydroxylation sites is 1. The van der Waals surface area contributed by atoms with Crippen molar-refractivity contribution in [2.24, 2.45) is 0 Å². The molecular weight excluding hydrogens is 600 g/mol. The van der Waals surface area contributed by atoms with Gasteiger partial charge < -0.3 is 14.6 Å². The maximum atomic E-state index is 13.4. The summed E-state index contributed by atoms with van der Waals surface area (Å²) in [6, 6.07) is 17.0. The van der Waals surface area contributed by atoms with Crippen molar-refractivity contribution in [3.63, 3.8) is 0 Å². The topological polar surface area (TPSA) is 145 Å². The van der Waals surface area contributed by atoms with Crippen LogP contribution in [-0.2, 0) is 20.8 Å². The predicted molar refractivity (Wildman–Crippen MR) is 172 cm³/mol. The van der Waals surface area contributed by atoms with Gasteiger partial charge in [-0.2, -0.15) is 0 Å². The van der Waals surface area contributed by atoms with Crippen LogP contribution in [0.3, 0.4) is 0 Å². The third kappa shape index (κ3) is 6.83. The molecule has 0 spiro atoms. The van der Waals surface area contributed by atoms with E-state index >= 15 is 0 Å². The number of nitrogens with zero attached hydrogens (tertiary/aromatic N) is 4. The lowest BCUT2D eigenvalue weighted by Crippen LogP contribution is -2.54. The number of nitrogens with one attached hydrogen (secondary N) is 2. The summed E-state index contributed by atoms with van der Waals surface area (Å²) in [5.74, 6) is -1.58. The molecular formula is C35H36N6O6. The Morgan fingerprint density at radius 1 is 1.00 bits per heavy atom. The van der Waals surface area contributed by atoms with E-state index < -0.39 is 35.7 Å². The SMILES string of the molecule is CN(CCc1cccc2c1C(=O)N(C1CCC(=O)NC1=O)C2=O)CCN(C)CC(=O)NC(c1cccnc1)c1cc2ccccc2o1. The highest BCUT2D eigenvalue weighted by Gasteiger charge is 2.45. The van der Waals surface area contributed by atoms with E-state index in [1.165, 1.54) is 0 Å². The summed E-state index contributed by atoms with van der Waals surface area (Å²) >= 11 is 0. The van der Waals surface area contributed by atoms with E-state index in [4.69, 9.17) is 4.42 Å². The molecule has 6 rings (SSSR count). The number of hydrogen-bond donors (Lipinski definition) is 2. The number of benzene rings is 2. The summed E-state index contributed by atoms with van der Waals surface area (Å²) in [4.78, 5) is 73.0. The Morgan fingerprint density at radius 3 is 2.57 bits per heavy atom. The van der Waals surface area contributed by atoms with Crippen molar-refractivity contribution in [1.29, 1.82) is 0 Å². The van der Waals surface area contributed by atoms with Gasteiger partial charge in [-0.3, -0.25) is 44.1 Å². The molecule has 2 aromatic heterocycles. The number of pyridine rings is 1. The Morgan fingerprint density at radius 2 is 1.81 bits per heavy atom. The van der Waals surface area contributed by atoms with Crippen LogP contribution < -0.4 is 10.6 Å². The van der Waals surface area contributed by atoms with Crippen LogP contribution in [0.25, 0.3) is 11.0 Å². The van der Waals surface area contributed by atoms with E-state index in [-0.39, 0.29) is 30.9 Å². The number of carbonyl (C=O) groups excluding carboxylic acids is 5. The average Bonchev–Trinajstić information content (AvgIpc) is 3.61. The molecule has 2 N–H and O–H groups in total. The maximum Gasteiger partial charge on any atom is 0.262 e. The molecule has 5 amide bonds. The summed E-state index contributed by atoms with van der Waals surface area (Å²) in [5, 5.41) is 6.29. The quantitative estimate of drug-likeness (QED) is 0.224. The highest BCUT2D eigenvalue weighted by Crippen LogP contribution is 2.31. The third-order valence-electron chi connectivity index (χ3n) is 8.65. The molecule has 12 heteroatoms. The summed E-state index contributed by atoms with van der Waals surface area (Å²) < 4.78 is 6.08. The van der Waals surface area contributed by atoms with E-state index in [1.807, 2.05) is 67.5 Å². The van der Waals surface area contributed by atoms with Crippen LogP contribution in [0.4, 0.5) is 0 Å². The Hall–Kier alpha value is -5.20. The van der Waals surface area contributed by atoms with Gasteiger partial charge in [-0.05, 0) is 56.8 Å². The van der Waals surface area contributed by atoms with Gasteiger partial charge in [0.25, 0.3) is 11.8 Å². The Labute approximate surface area is 271 Å². The standard InChI is InChI=1S/C35H36N6O6/c1-39(16-14-22-8-5-10-25-31(22)35(46)41(34(25)45)26-12-13-29(42)38-33(26)44)17-18-40(2)21-30(43)37-32(24-9-6-15-36-20-24)28-19-23-7-3-4-11-27(23)47-28/h3-11,15,19-20,26,32H,12-14,16-18,21H2,1-2H3,(H,37,43)(H,38,42,44). The Bertz CT molecular complexity index is 1810. The molecule has 1 fully saturated rings. The maximum absolute atomic E-state index is 13.4. The number of rotatable bonds is 12. The first-order chi connectivity index (χ1) is 22.7. The number of hydrogen-bond acceptors (Lipinski definition) is 9. The lowest BCUT2D eigenvalue weighted by atomic mass is 10.00. The van der Waals surface area contributed by atoms with Crippen LogP contribution in [0, 0.1) is 0 Å². The molecule has 2 aliphatic heterocycles. The highest BCUT2D eigenvalue weighted by atomic mass is 16.3. The second kappa shape index (κ2) is 13.7. The van der Waals surface area contributed by atoms with Gasteiger partial charge in [0.15, 0.2) is 0 Å². The lowest BCUT2D eigenvalue weighted by molar-refractivity contribution is -0.136. The van der Waals surface area contributed by atoms with E-state index in [9.17, 15) is 24.0 Å². The molecule has 4 heterocycles. The monoisotopic (exact) mass is 636 g/mol. The third-order valence-corrected chi connectivity index (χ3v) is 8.65. The molecule has 242 valence electrons. The van der Waals surface area contributed by atoms with Crippen molar-refractivity contribution >= 4 is 40.5 Å². The van der Waals surface area contributed by atoms with Crippen LogP contribution in [0.1, 0.15) is 56.5 Å². The number of piperidine rings is 1. The number of furan rings is 1. The van der Waals surface area contributed by atoms with E-state index in [0.717, 1.165) is 27.0 Å². The fraction of sp³-hybridized carbons (Fsp3) is 0.314. The van der Waals surface area contributed by atoms with Gasteiger partial charge in [-0.25, -0.2) is 0 Å². The number of imide groups is 2. The average molecular weight is 637 g/mol. The molecule has 2 unspecified atom stereocenters. The number of aromatic nitrogens is 1. The summed E-state index contributed by atoms with van der Waals surface area (Å²) in [5.41, 5.74) is 2.88. The van der Waals surface area contributed by atoms with Gasteiger partial charge in [-0.15, -0.1) is 0 Å². The van der Waals surface area contributed by atoms with Crippen LogP contribution in [0.2, 0.25) is 0 Å². The number of fused-ring (bicyclic) bond motifs is 2. The zero-order valence-electron chi connectivity index (χ0n) is 26.3. The summed E-state index contributed by atoms with van der Waals surface area (Å²) in [6.45, 7) is 2.04. The van der Waals surface area contributed by atoms with Gasteiger partial charge in [0, 0.05) is 49.4 Å². The molecule has 0 aliphatic carbocycles. The smallest absolute Gasteiger partial charge is 0.262 e. The van der Waals surface area contributed by atoms with Crippen molar-refractivity contribution in [2.45, 2.75) is 31.3 Å². The lowest BCUT2D eigenvalue weighted by Gasteiger charge is -2.27. The minimum Gasteiger partial charge on any atom is -0.459 e. The Kier molecular flexibility index (Phi) is 9.23. The first-order valence-corrected chi connectivity index (χ1v) is 15.6. The molecule has 1 saturated heterocycles. The summed E-state index contributed by atoms with van der Waals surface area (Å²) in [7, 11) is 3.84. The number of carbonyl (C=O) groups is 5. The van der Waals surface area contributed by atoms with Crippen LogP contribution in [0.5, 0.6) is 0 Å². The van der Waals surface area contributed by atoms with Crippen molar-refractivity contribution < 1.29 is 28.4 Å². The van der Waals surface area contributed by atoms with Crippen LogP contribution >= 0.6 is 0 Å². The van der Waals surface area contributed by atoms with E-state index in [2.05, 4.69) is 20.5 Å². The van der Waals surface area contributed by atoms with Gasteiger partial charge in [0.2, 0.25) is 17.7 Å². The fourth-order valence-electron chi connectivity index (χ4n) is 6.10. The minimum atomic E-state index is -0.998. The zero-order valence-corrected chi connectivity index (χ0v) is 26.3. The predicted octanol–water partition coefficient (Wildman–Crippen LogP) is 2.54. The molecule has 2 atom stereocenters. The largest absolute Gasteiger partial charge is 0.459 e. The zero-order chi connectivity index (χ0) is 33.1. The van der Waals surface area contributed by atoms with Crippen LogP contribution in [-0.4, -0.2) is 95.5 Å². The second-order valence-corrected chi connectivity index (χ2v) is 12.1. The van der Waals surface area contributed by atoms with Gasteiger partial charge >= 0.3 is 0 Å². The van der Waals surface area contributed by atoms with Crippen LogP contribution in [0.15, 0.2) is 77.5 Å². The number of likely N-dealkylation sites (N-methyl/N-ethyl adjacent to an activating group) is 2. The van der Waals surface area contributed by atoms with E-state index in [1.54, 1.807) is 24.5 Å². The van der Waals surface area contributed by atoms with E-state index in [0.29, 0.717) is 37.4 Å². The van der Waals surface area contributed by atoms with Gasteiger partial charge in [-0.1, -0.05) is 36.4 Å². The fourth-order valence-corrected chi connectivity index (χ4v) is 6.10. The molecule has 2 aromatic carbocycles. The molecule has 2 aliphatic rings. The van der Waals surface area contributed by atoms with Crippen molar-refractivity contribution in [1.82, 2.24) is 30.3 Å². The molecule has 12 nitrogen and oxygen atoms in total. The van der Waals surface area contributed by atoms with Gasteiger partial charge in [0.05, 0.1) is 17.7 Å². The molecule has 0 saturated carbocycles. The van der Waals surface area contributed by atoms with Gasteiger partial charge in [0.1, 0.15) is 23.4 Å². The molecule has 0 radical (unpaired) electrons. The Balaban J connectivity index is 1.03. The van der Waals surface area contributed by atoms with Crippen molar-refractivity contribution in [3.8, 4) is 0 Å². The minimum absolute atomic E-state index is 0.0734. The second-order valence-electron chi connectivity index (χ2n) is 12.1. The summed E-state index contributed by atoms with van der Waals surface area (Å²) in [6.07, 6.45) is 4.10. The normalized spacial score (nSPS) is 17.0. The molecule has 4 aromatic rings. The van der Waals surface area contributed by atoms with Crippen molar-refractivity contribution in [2.75, 3.05) is 40.3 Å². The molecule has 47 heavy (non-hydrogen) atoms. The van der Waals surface area contributed by atoms with Crippen molar-refractivity contribution in [3.05, 3.63) is 101 Å². The highest BCUT2D eigenvalue weighted by molar-refractivity contribution is 6.24.